The van der Waals surface area contributed by atoms with E-state index in [-0.39, 0.29) is 17.4 Å². The van der Waals surface area contributed by atoms with Gasteiger partial charge in [0.25, 0.3) is 0 Å². The fourth-order valence-corrected chi connectivity index (χ4v) is 5.40. The van der Waals surface area contributed by atoms with Crippen LogP contribution in [-0.2, 0) is 14.6 Å². The Morgan fingerprint density at radius 1 is 0.977 bits per heavy atom. The van der Waals surface area contributed by atoms with Crippen LogP contribution in [0.2, 0.25) is 0 Å². The topological polar surface area (TPSA) is 172 Å². The fraction of sp³-hybridized carbons (Fsp3) is 0.167. The second-order valence-electron chi connectivity index (χ2n) is 10.6. The van der Waals surface area contributed by atoms with E-state index in [9.17, 15) is 17.6 Å². The van der Waals surface area contributed by atoms with Crippen LogP contribution in [0.15, 0.2) is 67.3 Å². The van der Waals surface area contributed by atoms with Gasteiger partial charge in [0.15, 0.2) is 9.84 Å². The van der Waals surface area contributed by atoms with Gasteiger partial charge in [-0.1, -0.05) is 13.8 Å². The summed E-state index contributed by atoms with van der Waals surface area (Å²) in [5.74, 6) is -0.900. The van der Waals surface area contributed by atoms with Gasteiger partial charge in [0.1, 0.15) is 22.4 Å². The number of pyridine rings is 3. The zero-order valence-corrected chi connectivity index (χ0v) is 24.2. The van der Waals surface area contributed by atoms with Gasteiger partial charge in [-0.3, -0.25) is 19.9 Å². The highest BCUT2D eigenvalue weighted by atomic mass is 32.2. The number of amides is 1. The predicted molar refractivity (Wildman–Crippen MR) is 163 cm³/mol. The normalized spacial score (nSPS) is 12.7. The minimum Gasteiger partial charge on any atom is -0.352 e. The van der Waals surface area contributed by atoms with Gasteiger partial charge in [-0.2, -0.15) is 5.10 Å². The van der Waals surface area contributed by atoms with Gasteiger partial charge in [0.2, 0.25) is 5.91 Å². The molecular formula is C30H27FN8O3S. The highest BCUT2D eigenvalue weighted by Crippen LogP contribution is 2.35. The molecule has 1 unspecified atom stereocenters. The molecule has 0 aliphatic rings. The quantitative estimate of drug-likeness (QED) is 0.199. The lowest BCUT2D eigenvalue weighted by Gasteiger charge is -2.12. The van der Waals surface area contributed by atoms with Crippen molar-refractivity contribution in [3.8, 4) is 33.8 Å². The minimum atomic E-state index is -3.65. The Morgan fingerprint density at radius 2 is 1.77 bits per heavy atom. The molecule has 0 aliphatic carbocycles. The molecule has 0 bridgehead atoms. The maximum Gasteiger partial charge on any atom is 0.226 e. The number of anilines is 1. The lowest BCUT2D eigenvalue weighted by molar-refractivity contribution is -0.118. The first-order valence-corrected chi connectivity index (χ1v) is 15.3. The Hall–Kier alpha value is -5.01. The largest absolute Gasteiger partial charge is 0.352 e. The molecule has 6 aromatic rings. The zero-order valence-electron chi connectivity index (χ0n) is 23.4. The summed E-state index contributed by atoms with van der Waals surface area (Å²) < 4.78 is 38.7. The van der Waals surface area contributed by atoms with E-state index < -0.39 is 21.0 Å². The van der Waals surface area contributed by atoms with Gasteiger partial charge < -0.3 is 16.0 Å². The van der Waals surface area contributed by atoms with Crippen molar-refractivity contribution >= 4 is 43.4 Å². The lowest BCUT2D eigenvalue weighted by atomic mass is 10.0. The van der Waals surface area contributed by atoms with E-state index in [1.165, 1.54) is 6.07 Å². The number of nitrogens with one attached hydrogen (secondary N) is 3. The van der Waals surface area contributed by atoms with Gasteiger partial charge in [-0.05, 0) is 53.6 Å². The van der Waals surface area contributed by atoms with Crippen molar-refractivity contribution in [1.82, 2.24) is 30.1 Å². The van der Waals surface area contributed by atoms with Crippen molar-refractivity contribution < 1.29 is 17.6 Å². The summed E-state index contributed by atoms with van der Waals surface area (Å²) in [5, 5.41) is 9.72. The molecule has 218 valence electrons. The second kappa shape index (κ2) is 10.7. The number of hydrogen-bond acceptors (Lipinski definition) is 8. The molecule has 6 rings (SSSR count). The molecular weight excluding hydrogens is 571 g/mol. The summed E-state index contributed by atoms with van der Waals surface area (Å²) in [6.45, 7) is 3.63. The lowest BCUT2D eigenvalue weighted by Crippen LogP contribution is -2.20. The molecule has 0 saturated heterocycles. The SMILES string of the molecule is CC(C)C(=O)Nc1cncc(-c2ccc3[nH]nc(-c4cc5c(-c6cc(F)cc(C(N)S(C)(=O)=O)c6)cncc5[nH]4)c3n2)c1. The third-order valence-electron chi connectivity index (χ3n) is 7.06. The average Bonchev–Trinajstić information content (AvgIpc) is 3.59. The predicted octanol–water partition coefficient (Wildman–Crippen LogP) is 4.97. The van der Waals surface area contributed by atoms with Crippen molar-refractivity contribution in [2.45, 2.75) is 19.2 Å². The van der Waals surface area contributed by atoms with Crippen LogP contribution in [0.5, 0.6) is 0 Å². The number of nitrogens with two attached hydrogens (primary N) is 1. The Bertz CT molecular complexity index is 2140. The van der Waals surface area contributed by atoms with Crippen LogP contribution < -0.4 is 11.1 Å². The highest BCUT2D eigenvalue weighted by molar-refractivity contribution is 7.90. The van der Waals surface area contributed by atoms with E-state index in [1.54, 1.807) is 30.9 Å². The molecule has 0 fully saturated rings. The number of sulfone groups is 1. The van der Waals surface area contributed by atoms with Crippen LogP contribution in [-0.4, -0.2) is 50.7 Å². The number of rotatable bonds is 7. The number of benzene rings is 1. The number of nitrogens with zero attached hydrogens (tertiary/aromatic N) is 4. The molecule has 1 amide bonds. The fourth-order valence-electron chi connectivity index (χ4n) is 4.77. The molecule has 0 radical (unpaired) electrons. The van der Waals surface area contributed by atoms with E-state index >= 15 is 0 Å². The summed E-state index contributed by atoms with van der Waals surface area (Å²) >= 11 is 0. The Labute approximate surface area is 245 Å². The smallest absolute Gasteiger partial charge is 0.226 e. The summed E-state index contributed by atoms with van der Waals surface area (Å²) in [4.78, 5) is 28.9. The number of halogens is 1. The summed E-state index contributed by atoms with van der Waals surface area (Å²) in [7, 11) is -3.65. The third kappa shape index (κ3) is 5.47. The van der Waals surface area contributed by atoms with Crippen LogP contribution in [0.3, 0.4) is 0 Å². The first kappa shape index (κ1) is 28.1. The number of aromatic amines is 2. The summed E-state index contributed by atoms with van der Waals surface area (Å²) in [6.07, 6.45) is 7.48. The van der Waals surface area contributed by atoms with Crippen molar-refractivity contribution in [3.05, 3.63) is 78.6 Å². The van der Waals surface area contributed by atoms with Gasteiger partial charge in [-0.15, -0.1) is 0 Å². The monoisotopic (exact) mass is 598 g/mol. The standard InChI is InChI=1S/C30H27FN8O3S/c1-15(2)30(40)35-20-9-18(11-33-12-20)23-4-5-24-27(37-23)28(39-38-24)25-10-21-22(13-34-14-26(21)36-25)16-6-17(8-19(31)7-16)29(32)43(3,41)42/h4-15,29,36H,32H2,1-3H3,(H,35,40)(H,38,39). The van der Waals surface area contributed by atoms with Gasteiger partial charge in [0, 0.05) is 41.1 Å². The molecule has 11 nitrogen and oxygen atoms in total. The molecule has 5 aromatic heterocycles. The number of hydrogen-bond donors (Lipinski definition) is 4. The number of fused-ring (bicyclic) bond motifs is 2. The molecule has 0 saturated carbocycles. The van der Waals surface area contributed by atoms with Crippen LogP contribution in [0.25, 0.3) is 55.7 Å². The van der Waals surface area contributed by atoms with E-state index in [1.807, 2.05) is 38.1 Å². The first-order chi connectivity index (χ1) is 20.5. The molecule has 0 aliphatic heterocycles. The van der Waals surface area contributed by atoms with Gasteiger partial charge >= 0.3 is 0 Å². The molecule has 43 heavy (non-hydrogen) atoms. The highest BCUT2D eigenvalue weighted by Gasteiger charge is 2.21. The molecule has 5 N–H and O–H groups in total. The van der Waals surface area contributed by atoms with Crippen molar-refractivity contribution in [2.75, 3.05) is 11.6 Å². The van der Waals surface area contributed by atoms with E-state index in [4.69, 9.17) is 10.7 Å². The number of carbonyl (C=O) groups is 1. The van der Waals surface area contributed by atoms with E-state index in [2.05, 4.69) is 30.5 Å². The third-order valence-corrected chi connectivity index (χ3v) is 8.25. The number of carbonyl (C=O) groups excluding carboxylic acids is 1. The molecule has 5 heterocycles. The maximum absolute atomic E-state index is 14.6. The Balaban J connectivity index is 1.41. The summed E-state index contributed by atoms with van der Waals surface area (Å²) in [6, 6.07) is 11.4. The zero-order chi connectivity index (χ0) is 30.5. The summed E-state index contributed by atoms with van der Waals surface area (Å²) in [5.41, 5.74) is 12.1. The van der Waals surface area contributed by atoms with Crippen LogP contribution >= 0.6 is 0 Å². The Morgan fingerprint density at radius 3 is 2.53 bits per heavy atom. The molecule has 0 spiro atoms. The molecule has 1 aromatic carbocycles. The van der Waals surface area contributed by atoms with Crippen LogP contribution in [0, 0.1) is 11.7 Å². The first-order valence-electron chi connectivity index (χ1n) is 13.3. The van der Waals surface area contributed by atoms with Crippen LogP contribution in [0.1, 0.15) is 24.8 Å². The maximum atomic E-state index is 14.6. The minimum absolute atomic E-state index is 0.111. The van der Waals surface area contributed by atoms with Gasteiger partial charge in [0.05, 0.1) is 40.5 Å². The number of aromatic nitrogens is 6. The molecule has 13 heteroatoms. The van der Waals surface area contributed by atoms with E-state index in [0.717, 1.165) is 17.7 Å². The number of H-pyrrole nitrogens is 2. The van der Waals surface area contributed by atoms with Gasteiger partial charge in [-0.25, -0.2) is 17.8 Å². The molecule has 1 atom stereocenters. The van der Waals surface area contributed by atoms with Crippen LogP contribution in [0.4, 0.5) is 10.1 Å². The van der Waals surface area contributed by atoms with Crippen molar-refractivity contribution in [2.24, 2.45) is 11.7 Å². The average molecular weight is 599 g/mol. The van der Waals surface area contributed by atoms with E-state index in [0.29, 0.717) is 56.0 Å². The van der Waals surface area contributed by atoms with Crippen molar-refractivity contribution in [3.63, 3.8) is 0 Å². The van der Waals surface area contributed by atoms with Crippen molar-refractivity contribution in [1.29, 1.82) is 0 Å². The second-order valence-corrected chi connectivity index (χ2v) is 12.8. The Kier molecular flexibility index (Phi) is 6.98.